The van der Waals surface area contributed by atoms with Crippen LogP contribution in [0.3, 0.4) is 0 Å². The summed E-state index contributed by atoms with van der Waals surface area (Å²) in [6.07, 6.45) is 7.97. The van der Waals surface area contributed by atoms with Crippen molar-refractivity contribution in [2.24, 2.45) is 0 Å². The van der Waals surface area contributed by atoms with Gasteiger partial charge >= 0.3 is 0 Å². The van der Waals surface area contributed by atoms with Gasteiger partial charge in [0, 0.05) is 25.7 Å². The number of nitrogens with zero attached hydrogens (tertiary/aromatic N) is 1. The van der Waals surface area contributed by atoms with E-state index in [-0.39, 0.29) is 5.60 Å². The predicted octanol–water partition coefficient (Wildman–Crippen LogP) is 2.41. The molecule has 3 nitrogen and oxygen atoms in total. The first kappa shape index (κ1) is 14.3. The van der Waals surface area contributed by atoms with Gasteiger partial charge in [0.25, 0.3) is 0 Å². The molecule has 0 radical (unpaired) electrons. The maximum atomic E-state index is 5.53. The van der Waals surface area contributed by atoms with Crippen LogP contribution in [0, 0.1) is 0 Å². The van der Waals surface area contributed by atoms with Crippen LogP contribution in [0.4, 0.5) is 0 Å². The highest BCUT2D eigenvalue weighted by Crippen LogP contribution is 2.31. The quantitative estimate of drug-likeness (QED) is 0.834. The van der Waals surface area contributed by atoms with E-state index in [4.69, 9.17) is 4.74 Å². The van der Waals surface area contributed by atoms with Crippen molar-refractivity contribution in [3.63, 3.8) is 0 Å². The summed E-state index contributed by atoms with van der Waals surface area (Å²) in [6, 6.07) is 0. The van der Waals surface area contributed by atoms with Gasteiger partial charge in [-0.05, 0) is 52.6 Å². The van der Waals surface area contributed by atoms with Gasteiger partial charge in [-0.3, -0.25) is 0 Å². The molecule has 1 spiro atoms. The van der Waals surface area contributed by atoms with Crippen molar-refractivity contribution < 1.29 is 4.74 Å². The van der Waals surface area contributed by atoms with Crippen molar-refractivity contribution >= 4 is 0 Å². The average Bonchev–Trinajstić information content (AvgIpc) is 2.69. The molecule has 0 bridgehead atoms. The standard InChI is InChI=1S/C15H30N2O/c1-14(2,18-3)9-12-17-11-6-10-16-15(13-17)7-4-5-8-15/h16H,4-13H2,1-3H3. The van der Waals surface area contributed by atoms with E-state index in [9.17, 15) is 0 Å². The zero-order valence-corrected chi connectivity index (χ0v) is 12.4. The second-order valence-corrected chi connectivity index (χ2v) is 6.76. The Hall–Kier alpha value is -0.120. The predicted molar refractivity (Wildman–Crippen MR) is 76.0 cm³/mol. The first-order chi connectivity index (χ1) is 8.55. The fraction of sp³-hybridized carbons (Fsp3) is 1.00. The molecular weight excluding hydrogens is 224 g/mol. The normalized spacial score (nSPS) is 25.5. The summed E-state index contributed by atoms with van der Waals surface area (Å²) in [5.74, 6) is 0. The van der Waals surface area contributed by atoms with Gasteiger partial charge in [0.2, 0.25) is 0 Å². The Kier molecular flexibility index (Phi) is 4.68. The smallest absolute Gasteiger partial charge is 0.0634 e. The number of nitrogens with one attached hydrogen (secondary N) is 1. The van der Waals surface area contributed by atoms with Gasteiger partial charge in [0.1, 0.15) is 0 Å². The molecule has 1 saturated carbocycles. The van der Waals surface area contributed by atoms with Gasteiger partial charge in [0.05, 0.1) is 5.60 Å². The maximum Gasteiger partial charge on any atom is 0.0634 e. The summed E-state index contributed by atoms with van der Waals surface area (Å²) in [4.78, 5) is 2.66. The first-order valence-corrected chi connectivity index (χ1v) is 7.58. The number of methoxy groups -OCH3 is 1. The van der Waals surface area contributed by atoms with E-state index in [1.807, 2.05) is 7.11 Å². The van der Waals surface area contributed by atoms with Crippen LogP contribution in [0.5, 0.6) is 0 Å². The topological polar surface area (TPSA) is 24.5 Å². The highest BCUT2D eigenvalue weighted by Gasteiger charge is 2.36. The lowest BCUT2D eigenvalue weighted by molar-refractivity contribution is 0.00622. The van der Waals surface area contributed by atoms with Gasteiger partial charge in [-0.25, -0.2) is 0 Å². The molecule has 1 aliphatic carbocycles. The molecule has 0 aromatic carbocycles. The van der Waals surface area contributed by atoms with E-state index in [1.165, 1.54) is 58.3 Å². The third-order valence-electron chi connectivity index (χ3n) is 4.82. The van der Waals surface area contributed by atoms with Crippen LogP contribution >= 0.6 is 0 Å². The van der Waals surface area contributed by atoms with Gasteiger partial charge in [-0.15, -0.1) is 0 Å². The highest BCUT2D eigenvalue weighted by molar-refractivity contribution is 4.97. The lowest BCUT2D eigenvalue weighted by Crippen LogP contribution is -2.49. The van der Waals surface area contributed by atoms with Crippen LogP contribution in [0.2, 0.25) is 0 Å². The van der Waals surface area contributed by atoms with E-state index in [1.54, 1.807) is 0 Å². The summed E-state index contributed by atoms with van der Waals surface area (Å²) >= 11 is 0. The van der Waals surface area contributed by atoms with Crippen molar-refractivity contribution in [3.8, 4) is 0 Å². The molecule has 0 atom stereocenters. The molecule has 0 unspecified atom stereocenters. The van der Waals surface area contributed by atoms with Crippen molar-refractivity contribution in [1.29, 1.82) is 0 Å². The molecule has 2 rings (SSSR count). The van der Waals surface area contributed by atoms with Crippen molar-refractivity contribution in [2.45, 2.75) is 63.5 Å². The molecule has 1 heterocycles. The number of ether oxygens (including phenoxy) is 1. The minimum absolute atomic E-state index is 0.0164. The molecule has 3 heteroatoms. The van der Waals surface area contributed by atoms with E-state index < -0.39 is 0 Å². The van der Waals surface area contributed by atoms with Crippen LogP contribution in [-0.4, -0.2) is 49.3 Å². The van der Waals surface area contributed by atoms with Crippen molar-refractivity contribution in [3.05, 3.63) is 0 Å². The zero-order valence-electron chi connectivity index (χ0n) is 12.4. The molecule has 0 amide bonds. The Labute approximate surface area is 112 Å². The van der Waals surface area contributed by atoms with Crippen LogP contribution in [-0.2, 0) is 4.74 Å². The molecule has 2 fully saturated rings. The highest BCUT2D eigenvalue weighted by atomic mass is 16.5. The molecule has 1 saturated heterocycles. The van der Waals surface area contributed by atoms with Crippen LogP contribution < -0.4 is 5.32 Å². The Morgan fingerprint density at radius 2 is 1.94 bits per heavy atom. The first-order valence-electron chi connectivity index (χ1n) is 7.58. The molecule has 0 aromatic heterocycles. The fourth-order valence-electron chi connectivity index (χ4n) is 3.33. The maximum absolute atomic E-state index is 5.53. The van der Waals surface area contributed by atoms with E-state index >= 15 is 0 Å². The molecule has 2 aliphatic rings. The van der Waals surface area contributed by atoms with Crippen LogP contribution in [0.1, 0.15) is 52.4 Å². The Balaban J connectivity index is 1.87. The fourth-order valence-corrected chi connectivity index (χ4v) is 3.33. The third-order valence-corrected chi connectivity index (χ3v) is 4.82. The largest absolute Gasteiger partial charge is 0.379 e. The van der Waals surface area contributed by atoms with Crippen LogP contribution in [0.15, 0.2) is 0 Å². The molecule has 0 aromatic rings. The third kappa shape index (κ3) is 3.69. The molecule has 1 N–H and O–H groups in total. The second kappa shape index (κ2) is 5.89. The van der Waals surface area contributed by atoms with E-state index in [0.29, 0.717) is 5.54 Å². The molecular formula is C15H30N2O. The summed E-state index contributed by atoms with van der Waals surface area (Å²) in [7, 11) is 1.82. The van der Waals surface area contributed by atoms with Gasteiger partial charge in [-0.2, -0.15) is 0 Å². The van der Waals surface area contributed by atoms with E-state index in [0.717, 1.165) is 6.42 Å². The summed E-state index contributed by atoms with van der Waals surface area (Å²) in [6.45, 7) is 9.23. The van der Waals surface area contributed by atoms with Gasteiger partial charge in [-0.1, -0.05) is 12.8 Å². The molecule has 1 aliphatic heterocycles. The van der Waals surface area contributed by atoms with Crippen LogP contribution in [0.25, 0.3) is 0 Å². The lowest BCUT2D eigenvalue weighted by atomic mass is 9.96. The summed E-state index contributed by atoms with van der Waals surface area (Å²) < 4.78 is 5.53. The zero-order chi connectivity index (χ0) is 13.1. The lowest BCUT2D eigenvalue weighted by Gasteiger charge is -2.34. The number of rotatable bonds is 4. The average molecular weight is 254 g/mol. The number of hydrogen-bond acceptors (Lipinski definition) is 3. The molecule has 106 valence electrons. The van der Waals surface area contributed by atoms with Crippen molar-refractivity contribution in [2.75, 3.05) is 33.3 Å². The Bertz CT molecular complexity index is 259. The van der Waals surface area contributed by atoms with Crippen molar-refractivity contribution in [1.82, 2.24) is 10.2 Å². The minimum atomic E-state index is 0.0164. The van der Waals surface area contributed by atoms with E-state index in [2.05, 4.69) is 24.1 Å². The van der Waals surface area contributed by atoms with Gasteiger partial charge in [0.15, 0.2) is 0 Å². The summed E-state index contributed by atoms with van der Waals surface area (Å²) in [5.41, 5.74) is 0.455. The minimum Gasteiger partial charge on any atom is -0.379 e. The number of hydrogen-bond donors (Lipinski definition) is 1. The second-order valence-electron chi connectivity index (χ2n) is 6.76. The Morgan fingerprint density at radius 3 is 2.61 bits per heavy atom. The molecule has 18 heavy (non-hydrogen) atoms. The SMILES string of the molecule is COC(C)(C)CCN1CCCNC2(CCCC2)C1. The monoisotopic (exact) mass is 254 g/mol. The Morgan fingerprint density at radius 1 is 1.22 bits per heavy atom. The summed E-state index contributed by atoms with van der Waals surface area (Å²) in [5, 5.41) is 3.83. The van der Waals surface area contributed by atoms with Gasteiger partial charge < -0.3 is 15.0 Å².